The molecule has 0 aliphatic heterocycles. The molecule has 0 spiro atoms. The van der Waals surface area contributed by atoms with Crippen LogP contribution in [0.3, 0.4) is 0 Å². The maximum Gasteiger partial charge on any atom is 0.219 e. The van der Waals surface area contributed by atoms with Gasteiger partial charge in [-0.25, -0.2) is 0 Å². The van der Waals surface area contributed by atoms with Gasteiger partial charge in [-0.15, -0.1) is 0 Å². The first kappa shape index (κ1) is 10.0. The number of allylic oxidation sites excluding steroid dienone is 3. The third kappa shape index (κ3) is 2.72. The summed E-state index contributed by atoms with van der Waals surface area (Å²) in [6, 6.07) is 0. The molecule has 0 amide bonds. The van der Waals surface area contributed by atoms with Crippen LogP contribution in [-0.2, 0) is 4.79 Å². The van der Waals surface area contributed by atoms with Crippen molar-refractivity contribution < 1.29 is 9.90 Å². The normalized spacial score (nSPS) is 16.8. The van der Waals surface area contributed by atoms with Gasteiger partial charge in [-0.1, -0.05) is 25.8 Å². The van der Waals surface area contributed by atoms with Crippen molar-refractivity contribution in [3.8, 4) is 0 Å². The van der Waals surface area contributed by atoms with Gasteiger partial charge >= 0.3 is 0 Å². The van der Waals surface area contributed by atoms with E-state index >= 15 is 0 Å². The fourth-order valence-corrected chi connectivity index (χ4v) is 1.47. The van der Waals surface area contributed by atoms with Crippen molar-refractivity contribution in [1.82, 2.24) is 0 Å². The third-order valence-electron chi connectivity index (χ3n) is 2.28. The molecule has 2 heteroatoms. The minimum Gasteiger partial charge on any atom is -0.504 e. The van der Waals surface area contributed by atoms with Crippen molar-refractivity contribution in [2.75, 3.05) is 0 Å². The predicted octanol–water partition coefficient (Wildman–Crippen LogP) is 2.91. The summed E-state index contributed by atoms with van der Waals surface area (Å²) in [7, 11) is 0. The summed E-state index contributed by atoms with van der Waals surface area (Å²) in [6.45, 7) is 2.14. The Morgan fingerprint density at radius 3 is 2.92 bits per heavy atom. The average molecular weight is 180 g/mol. The van der Waals surface area contributed by atoms with E-state index < -0.39 is 0 Å². The van der Waals surface area contributed by atoms with Gasteiger partial charge in [0.1, 0.15) is 0 Å². The lowest BCUT2D eigenvalue weighted by Crippen LogP contribution is -2.06. The highest BCUT2D eigenvalue weighted by Gasteiger charge is 2.14. The number of hydrogen-bond acceptors (Lipinski definition) is 2. The van der Waals surface area contributed by atoms with Gasteiger partial charge in [-0.3, -0.25) is 4.79 Å². The fourth-order valence-electron chi connectivity index (χ4n) is 1.47. The summed E-state index contributed by atoms with van der Waals surface area (Å²) in [4.78, 5) is 11.0. The van der Waals surface area contributed by atoms with Crippen LogP contribution in [0.2, 0.25) is 0 Å². The predicted molar refractivity (Wildman–Crippen MR) is 52.6 cm³/mol. The Bertz CT molecular complexity index is 249. The van der Waals surface area contributed by atoms with E-state index in [1.807, 2.05) is 6.08 Å². The fraction of sp³-hybridized carbons (Fsp3) is 0.545. The first-order valence-electron chi connectivity index (χ1n) is 4.87. The maximum atomic E-state index is 11.0. The van der Waals surface area contributed by atoms with E-state index in [1.54, 1.807) is 0 Å². The SMILES string of the molecule is CCCCCC1=C(O)C(=O)C=CC1. The molecule has 0 atom stereocenters. The van der Waals surface area contributed by atoms with Crippen LogP contribution in [0.15, 0.2) is 23.5 Å². The molecule has 0 saturated carbocycles. The summed E-state index contributed by atoms with van der Waals surface area (Å²) in [5.74, 6) is -0.253. The smallest absolute Gasteiger partial charge is 0.219 e. The number of hydrogen-bond donors (Lipinski definition) is 1. The Morgan fingerprint density at radius 2 is 2.23 bits per heavy atom. The molecule has 1 aliphatic rings. The second-order valence-corrected chi connectivity index (χ2v) is 3.38. The number of carbonyl (C=O) groups excluding carboxylic acids is 1. The molecule has 0 aromatic rings. The molecular formula is C11H16O2. The molecule has 13 heavy (non-hydrogen) atoms. The zero-order valence-corrected chi connectivity index (χ0v) is 8.05. The van der Waals surface area contributed by atoms with E-state index in [9.17, 15) is 9.90 Å². The van der Waals surface area contributed by atoms with E-state index in [0.29, 0.717) is 0 Å². The monoisotopic (exact) mass is 180 g/mol. The summed E-state index contributed by atoms with van der Waals surface area (Å²) in [5, 5.41) is 9.42. The Hall–Kier alpha value is -1.05. The van der Waals surface area contributed by atoms with Gasteiger partial charge in [-0.2, -0.15) is 0 Å². The molecule has 0 unspecified atom stereocenters. The first-order valence-corrected chi connectivity index (χ1v) is 4.87. The highest BCUT2D eigenvalue weighted by Crippen LogP contribution is 2.20. The van der Waals surface area contributed by atoms with Crippen LogP contribution in [0.4, 0.5) is 0 Å². The van der Waals surface area contributed by atoms with Crippen LogP contribution in [0.5, 0.6) is 0 Å². The molecule has 0 saturated heterocycles. The molecule has 0 heterocycles. The third-order valence-corrected chi connectivity index (χ3v) is 2.28. The number of aliphatic hydroxyl groups excluding tert-OH is 1. The molecule has 0 aromatic carbocycles. The molecule has 0 aromatic heterocycles. The second kappa shape index (κ2) is 4.85. The maximum absolute atomic E-state index is 11.0. The minimum atomic E-state index is -0.238. The molecule has 1 aliphatic carbocycles. The van der Waals surface area contributed by atoms with Crippen LogP contribution >= 0.6 is 0 Å². The van der Waals surface area contributed by atoms with E-state index in [1.165, 1.54) is 6.08 Å². The standard InChI is InChI=1S/C11H16O2/c1-2-3-4-6-9-7-5-8-10(12)11(9)13/h5,8,13H,2-4,6-7H2,1H3. The average Bonchev–Trinajstić information content (AvgIpc) is 2.13. The second-order valence-electron chi connectivity index (χ2n) is 3.38. The van der Waals surface area contributed by atoms with Crippen LogP contribution in [-0.4, -0.2) is 10.9 Å². The van der Waals surface area contributed by atoms with Crippen LogP contribution < -0.4 is 0 Å². The van der Waals surface area contributed by atoms with Crippen LogP contribution in [0.25, 0.3) is 0 Å². The lowest BCUT2D eigenvalue weighted by atomic mass is 9.98. The summed E-state index contributed by atoms with van der Waals surface area (Å²) in [6.07, 6.45) is 8.25. The van der Waals surface area contributed by atoms with Gasteiger partial charge in [0, 0.05) is 0 Å². The Balaban J connectivity index is 2.48. The molecule has 2 nitrogen and oxygen atoms in total. The summed E-state index contributed by atoms with van der Waals surface area (Å²) >= 11 is 0. The summed E-state index contributed by atoms with van der Waals surface area (Å²) in [5.41, 5.74) is 0.904. The largest absolute Gasteiger partial charge is 0.504 e. The zero-order valence-electron chi connectivity index (χ0n) is 8.05. The zero-order chi connectivity index (χ0) is 9.68. The molecule has 1 rings (SSSR count). The number of aliphatic hydroxyl groups is 1. The van der Waals surface area contributed by atoms with Gasteiger partial charge in [0.05, 0.1) is 0 Å². The topological polar surface area (TPSA) is 37.3 Å². The number of rotatable bonds is 4. The van der Waals surface area contributed by atoms with E-state index in [-0.39, 0.29) is 11.5 Å². The summed E-state index contributed by atoms with van der Waals surface area (Å²) < 4.78 is 0. The van der Waals surface area contributed by atoms with Gasteiger partial charge in [-0.05, 0) is 30.9 Å². The minimum absolute atomic E-state index is 0.0152. The van der Waals surface area contributed by atoms with Gasteiger partial charge in [0.25, 0.3) is 0 Å². The molecule has 1 N–H and O–H groups in total. The lowest BCUT2D eigenvalue weighted by molar-refractivity contribution is -0.113. The lowest BCUT2D eigenvalue weighted by Gasteiger charge is -2.10. The number of unbranched alkanes of at least 4 members (excludes halogenated alkanes) is 2. The van der Waals surface area contributed by atoms with Crippen LogP contribution in [0.1, 0.15) is 39.0 Å². The number of carbonyl (C=O) groups is 1. The van der Waals surface area contributed by atoms with E-state index in [2.05, 4.69) is 6.92 Å². The molecule has 0 radical (unpaired) electrons. The first-order chi connectivity index (χ1) is 6.25. The van der Waals surface area contributed by atoms with Crippen molar-refractivity contribution in [1.29, 1.82) is 0 Å². The Kier molecular flexibility index (Phi) is 3.74. The van der Waals surface area contributed by atoms with Crippen LogP contribution in [0, 0.1) is 0 Å². The van der Waals surface area contributed by atoms with Crippen molar-refractivity contribution in [3.63, 3.8) is 0 Å². The van der Waals surface area contributed by atoms with E-state index in [4.69, 9.17) is 0 Å². The molecule has 0 fully saturated rings. The van der Waals surface area contributed by atoms with Crippen molar-refractivity contribution in [2.45, 2.75) is 39.0 Å². The van der Waals surface area contributed by atoms with Crippen molar-refractivity contribution in [2.24, 2.45) is 0 Å². The molecule has 72 valence electrons. The van der Waals surface area contributed by atoms with E-state index in [0.717, 1.165) is 37.7 Å². The Morgan fingerprint density at radius 1 is 1.46 bits per heavy atom. The van der Waals surface area contributed by atoms with Gasteiger partial charge in [0.15, 0.2) is 5.76 Å². The van der Waals surface area contributed by atoms with Crippen molar-refractivity contribution >= 4 is 5.78 Å². The van der Waals surface area contributed by atoms with Gasteiger partial charge in [0.2, 0.25) is 5.78 Å². The highest BCUT2D eigenvalue weighted by molar-refractivity contribution is 6.03. The molecular weight excluding hydrogens is 164 g/mol. The number of ketones is 1. The van der Waals surface area contributed by atoms with Gasteiger partial charge < -0.3 is 5.11 Å². The molecule has 0 bridgehead atoms. The Labute approximate surface area is 79.0 Å². The van der Waals surface area contributed by atoms with Crippen molar-refractivity contribution in [3.05, 3.63) is 23.5 Å². The highest BCUT2D eigenvalue weighted by atomic mass is 16.3. The quantitative estimate of drug-likeness (QED) is 0.675.